The first-order valence-corrected chi connectivity index (χ1v) is 9.39. The van der Waals surface area contributed by atoms with Gasteiger partial charge in [0.15, 0.2) is 16.1 Å². The van der Waals surface area contributed by atoms with Crippen LogP contribution in [-0.4, -0.2) is 48.3 Å². The maximum absolute atomic E-state index is 5.42. The number of hydrogen-bond donors (Lipinski definition) is 2. The number of benzene rings is 2. The van der Waals surface area contributed by atoms with E-state index in [-0.39, 0.29) is 0 Å². The number of fused-ring (bicyclic) bond motifs is 1. The number of morpholine rings is 1. The van der Waals surface area contributed by atoms with Crippen LogP contribution < -0.4 is 15.5 Å². The van der Waals surface area contributed by atoms with Crippen LogP contribution in [0, 0.1) is 0 Å². The maximum Gasteiger partial charge on any atom is 0.170 e. The molecule has 3 aromatic rings. The van der Waals surface area contributed by atoms with E-state index >= 15 is 0 Å². The van der Waals surface area contributed by atoms with Gasteiger partial charge in [-0.25, -0.2) is 4.63 Å². The SMILES string of the molecule is S=C(NCCc1ccccc1)Nc1ccc(N2CCOCC2)c2nonc12. The standard InChI is InChI=1S/C19H21N5O2S/c27-19(20-9-8-14-4-2-1-3-5-14)21-15-6-7-16(18-17(15)22-26-23-18)24-10-12-25-13-11-24/h1-7H,8-13H2,(H2,20,21,27). The van der Waals surface area contributed by atoms with Gasteiger partial charge in [-0.1, -0.05) is 30.3 Å². The summed E-state index contributed by atoms with van der Waals surface area (Å²) in [6.07, 6.45) is 0.902. The Balaban J connectivity index is 1.41. The summed E-state index contributed by atoms with van der Waals surface area (Å²) < 4.78 is 10.4. The normalized spacial score (nSPS) is 14.3. The first-order valence-electron chi connectivity index (χ1n) is 8.98. The van der Waals surface area contributed by atoms with Crippen molar-refractivity contribution in [3.05, 3.63) is 48.0 Å². The summed E-state index contributed by atoms with van der Waals surface area (Å²) in [7, 11) is 0. The Morgan fingerprint density at radius 1 is 1.04 bits per heavy atom. The number of nitrogens with one attached hydrogen (secondary N) is 2. The van der Waals surface area contributed by atoms with Crippen molar-refractivity contribution in [2.24, 2.45) is 0 Å². The molecular formula is C19H21N5O2S. The summed E-state index contributed by atoms with van der Waals surface area (Å²) in [5, 5.41) is 15.1. The number of hydrogen-bond acceptors (Lipinski definition) is 6. The summed E-state index contributed by atoms with van der Waals surface area (Å²) in [6, 6.07) is 14.3. The fraction of sp³-hybridized carbons (Fsp3) is 0.316. The highest BCUT2D eigenvalue weighted by atomic mass is 32.1. The molecule has 0 spiro atoms. The van der Waals surface area contributed by atoms with Gasteiger partial charge in [0.1, 0.15) is 0 Å². The zero-order valence-corrected chi connectivity index (χ0v) is 15.7. The second-order valence-electron chi connectivity index (χ2n) is 6.31. The van der Waals surface area contributed by atoms with Gasteiger partial charge in [-0.15, -0.1) is 0 Å². The van der Waals surface area contributed by atoms with Crippen LogP contribution in [0.3, 0.4) is 0 Å². The molecule has 0 bridgehead atoms. The van der Waals surface area contributed by atoms with Gasteiger partial charge in [0.05, 0.1) is 24.6 Å². The van der Waals surface area contributed by atoms with Crippen molar-refractivity contribution < 1.29 is 9.37 Å². The number of ether oxygens (including phenoxy) is 1. The molecule has 4 rings (SSSR count). The molecule has 0 amide bonds. The molecule has 2 N–H and O–H groups in total. The van der Waals surface area contributed by atoms with Gasteiger partial charge >= 0.3 is 0 Å². The van der Waals surface area contributed by atoms with Crippen LogP contribution in [-0.2, 0) is 11.2 Å². The van der Waals surface area contributed by atoms with Gasteiger partial charge in [-0.2, -0.15) is 0 Å². The fourth-order valence-corrected chi connectivity index (χ4v) is 3.36. The third kappa shape index (κ3) is 4.17. The molecule has 0 aliphatic carbocycles. The minimum atomic E-state index is 0.550. The smallest absolute Gasteiger partial charge is 0.170 e. The van der Waals surface area contributed by atoms with E-state index in [0.717, 1.165) is 42.9 Å². The van der Waals surface area contributed by atoms with Gasteiger partial charge in [0.25, 0.3) is 0 Å². The molecule has 1 fully saturated rings. The van der Waals surface area contributed by atoms with Crippen LogP contribution in [0.2, 0.25) is 0 Å². The molecular weight excluding hydrogens is 362 g/mol. The Hall–Kier alpha value is -2.71. The Kier molecular flexibility index (Phi) is 5.45. The van der Waals surface area contributed by atoms with Crippen LogP contribution in [0.15, 0.2) is 47.1 Å². The average molecular weight is 383 g/mol. The average Bonchev–Trinajstić information content (AvgIpc) is 3.20. The molecule has 1 aromatic heterocycles. The van der Waals surface area contributed by atoms with E-state index in [0.29, 0.717) is 23.8 Å². The van der Waals surface area contributed by atoms with Crippen LogP contribution in [0.5, 0.6) is 0 Å². The lowest BCUT2D eigenvalue weighted by atomic mass is 10.1. The summed E-state index contributed by atoms with van der Waals surface area (Å²) >= 11 is 5.42. The zero-order valence-electron chi connectivity index (χ0n) is 14.9. The molecule has 27 heavy (non-hydrogen) atoms. The highest BCUT2D eigenvalue weighted by Crippen LogP contribution is 2.30. The number of aromatic nitrogens is 2. The summed E-state index contributed by atoms with van der Waals surface area (Å²) in [4.78, 5) is 2.23. The van der Waals surface area contributed by atoms with Crippen molar-refractivity contribution in [1.29, 1.82) is 0 Å². The van der Waals surface area contributed by atoms with Crippen LogP contribution in [0.4, 0.5) is 11.4 Å². The molecule has 140 valence electrons. The maximum atomic E-state index is 5.42. The molecule has 0 unspecified atom stereocenters. The molecule has 1 aliphatic rings. The second kappa shape index (κ2) is 8.32. The largest absolute Gasteiger partial charge is 0.378 e. The molecule has 2 heterocycles. The van der Waals surface area contributed by atoms with Gasteiger partial charge in [-0.3, -0.25) is 0 Å². The quantitative estimate of drug-likeness (QED) is 0.651. The number of nitrogens with zero attached hydrogens (tertiary/aromatic N) is 3. The van der Waals surface area contributed by atoms with E-state index in [1.807, 2.05) is 30.3 Å². The topological polar surface area (TPSA) is 75.5 Å². The summed E-state index contributed by atoms with van der Waals surface area (Å²) in [5.41, 5.74) is 4.45. The third-order valence-electron chi connectivity index (χ3n) is 4.54. The lowest BCUT2D eigenvalue weighted by Crippen LogP contribution is -2.36. The highest BCUT2D eigenvalue weighted by Gasteiger charge is 2.19. The molecule has 0 saturated carbocycles. The van der Waals surface area contributed by atoms with Crippen LogP contribution >= 0.6 is 12.2 Å². The zero-order chi connectivity index (χ0) is 18.5. The van der Waals surface area contributed by atoms with Crippen LogP contribution in [0.25, 0.3) is 11.0 Å². The van der Waals surface area contributed by atoms with E-state index in [1.54, 1.807) is 0 Å². The van der Waals surface area contributed by atoms with Gasteiger partial charge in [-0.05, 0) is 46.6 Å². The minimum absolute atomic E-state index is 0.550. The molecule has 1 saturated heterocycles. The fourth-order valence-electron chi connectivity index (χ4n) is 3.15. The molecule has 0 radical (unpaired) electrons. The van der Waals surface area contributed by atoms with E-state index in [2.05, 4.69) is 38.0 Å². The van der Waals surface area contributed by atoms with E-state index in [1.165, 1.54) is 5.56 Å². The van der Waals surface area contributed by atoms with Gasteiger partial charge < -0.3 is 20.3 Å². The predicted molar refractivity (Wildman–Crippen MR) is 109 cm³/mol. The van der Waals surface area contributed by atoms with Crippen LogP contribution in [0.1, 0.15) is 5.56 Å². The van der Waals surface area contributed by atoms with E-state index in [9.17, 15) is 0 Å². The lowest BCUT2D eigenvalue weighted by Gasteiger charge is -2.28. The Morgan fingerprint density at radius 2 is 1.81 bits per heavy atom. The third-order valence-corrected chi connectivity index (χ3v) is 4.78. The molecule has 7 nitrogen and oxygen atoms in total. The van der Waals surface area contributed by atoms with Gasteiger partial charge in [0.2, 0.25) is 0 Å². The number of anilines is 2. The van der Waals surface area contributed by atoms with E-state index < -0.39 is 0 Å². The van der Waals surface area contributed by atoms with Crippen molar-refractivity contribution in [2.75, 3.05) is 43.1 Å². The summed E-state index contributed by atoms with van der Waals surface area (Å²) in [6.45, 7) is 3.83. The molecule has 1 aliphatic heterocycles. The minimum Gasteiger partial charge on any atom is -0.378 e. The highest BCUT2D eigenvalue weighted by molar-refractivity contribution is 7.80. The van der Waals surface area contributed by atoms with Crippen molar-refractivity contribution in [3.63, 3.8) is 0 Å². The first kappa shape index (κ1) is 17.7. The predicted octanol–water partition coefficient (Wildman–Crippen LogP) is 2.59. The van der Waals surface area contributed by atoms with Crippen molar-refractivity contribution in [3.8, 4) is 0 Å². The molecule has 8 heteroatoms. The van der Waals surface area contributed by atoms with Crippen molar-refractivity contribution in [1.82, 2.24) is 15.6 Å². The van der Waals surface area contributed by atoms with Gasteiger partial charge in [0, 0.05) is 19.6 Å². The lowest BCUT2D eigenvalue weighted by molar-refractivity contribution is 0.123. The van der Waals surface area contributed by atoms with Crippen molar-refractivity contribution >= 4 is 39.7 Å². The Labute approximate surface area is 162 Å². The number of rotatable bonds is 5. The second-order valence-corrected chi connectivity index (χ2v) is 6.72. The Morgan fingerprint density at radius 3 is 2.63 bits per heavy atom. The monoisotopic (exact) mass is 383 g/mol. The number of thiocarbonyl (C=S) groups is 1. The first-order chi connectivity index (χ1) is 13.3. The molecule has 0 atom stereocenters. The summed E-state index contributed by atoms with van der Waals surface area (Å²) in [5.74, 6) is 0. The molecule has 2 aromatic carbocycles. The Bertz CT molecular complexity index is 909. The van der Waals surface area contributed by atoms with E-state index in [4.69, 9.17) is 21.6 Å². The van der Waals surface area contributed by atoms with Crippen molar-refractivity contribution in [2.45, 2.75) is 6.42 Å².